The van der Waals surface area contributed by atoms with Gasteiger partial charge in [0.1, 0.15) is 0 Å². The zero-order valence-electron chi connectivity index (χ0n) is 13.0. The van der Waals surface area contributed by atoms with Crippen LogP contribution in [0.2, 0.25) is 0 Å². The van der Waals surface area contributed by atoms with Crippen LogP contribution in [0.5, 0.6) is 0 Å². The molecule has 1 atom stereocenters. The first kappa shape index (κ1) is 15.3. The van der Waals surface area contributed by atoms with Gasteiger partial charge in [0.2, 0.25) is 0 Å². The molecular formula is C19H18N2O2. The van der Waals surface area contributed by atoms with E-state index in [0.29, 0.717) is 24.3 Å². The van der Waals surface area contributed by atoms with Gasteiger partial charge in [0, 0.05) is 25.6 Å². The van der Waals surface area contributed by atoms with Crippen LogP contribution in [-0.4, -0.2) is 30.5 Å². The molecule has 3 rings (SSSR count). The summed E-state index contributed by atoms with van der Waals surface area (Å²) in [5, 5.41) is 8.81. The third kappa shape index (κ3) is 3.41. The highest BCUT2D eigenvalue weighted by molar-refractivity contribution is 5.94. The highest BCUT2D eigenvalue weighted by atomic mass is 16.5. The molecule has 23 heavy (non-hydrogen) atoms. The molecule has 0 bridgehead atoms. The van der Waals surface area contributed by atoms with E-state index in [4.69, 9.17) is 10.00 Å². The third-order valence-corrected chi connectivity index (χ3v) is 4.13. The minimum absolute atomic E-state index is 0.0113. The number of hydrogen-bond donors (Lipinski definition) is 0. The maximum absolute atomic E-state index is 12.5. The normalized spacial score (nSPS) is 16.3. The van der Waals surface area contributed by atoms with Crippen LogP contribution in [0.4, 0.5) is 0 Å². The van der Waals surface area contributed by atoms with E-state index in [1.807, 2.05) is 12.1 Å². The predicted octanol–water partition coefficient (Wildman–Crippen LogP) is 2.77. The second kappa shape index (κ2) is 6.64. The molecule has 0 radical (unpaired) electrons. The van der Waals surface area contributed by atoms with Crippen LogP contribution in [0.3, 0.4) is 0 Å². The lowest BCUT2D eigenvalue weighted by Gasteiger charge is -2.29. The van der Waals surface area contributed by atoms with Crippen molar-refractivity contribution in [2.45, 2.75) is 19.1 Å². The smallest absolute Gasteiger partial charge is 0.253 e. The number of fused-ring (bicyclic) bond motifs is 1. The monoisotopic (exact) mass is 306 g/mol. The van der Waals surface area contributed by atoms with Crippen molar-refractivity contribution in [2.75, 3.05) is 13.6 Å². The van der Waals surface area contributed by atoms with Crippen LogP contribution in [-0.2, 0) is 17.8 Å². The maximum atomic E-state index is 12.5. The number of benzene rings is 2. The summed E-state index contributed by atoms with van der Waals surface area (Å²) in [5.74, 6) is -0.0584. The number of hydrogen-bond acceptors (Lipinski definition) is 3. The Morgan fingerprint density at radius 3 is 2.61 bits per heavy atom. The van der Waals surface area contributed by atoms with Crippen molar-refractivity contribution in [3.05, 3.63) is 70.8 Å². The van der Waals surface area contributed by atoms with Crippen molar-refractivity contribution >= 4 is 5.91 Å². The van der Waals surface area contributed by atoms with E-state index in [-0.39, 0.29) is 12.0 Å². The average molecular weight is 306 g/mol. The molecule has 116 valence electrons. The van der Waals surface area contributed by atoms with Crippen LogP contribution in [0.15, 0.2) is 48.5 Å². The first-order valence-electron chi connectivity index (χ1n) is 7.61. The molecule has 0 saturated carbocycles. The van der Waals surface area contributed by atoms with Crippen LogP contribution in [0, 0.1) is 11.3 Å². The van der Waals surface area contributed by atoms with Crippen LogP contribution < -0.4 is 0 Å². The van der Waals surface area contributed by atoms with E-state index < -0.39 is 0 Å². The number of carbonyl (C=O) groups is 1. The fraction of sp³-hybridized carbons (Fsp3) is 0.263. The second-order valence-corrected chi connectivity index (χ2v) is 5.78. The lowest BCUT2D eigenvalue weighted by molar-refractivity contribution is 0.00985. The molecule has 4 nitrogen and oxygen atoms in total. The molecular weight excluding hydrogens is 288 g/mol. The Morgan fingerprint density at radius 2 is 1.91 bits per heavy atom. The highest BCUT2D eigenvalue weighted by Crippen LogP contribution is 2.21. The van der Waals surface area contributed by atoms with Gasteiger partial charge in [0.05, 0.1) is 24.3 Å². The Hall–Kier alpha value is -2.64. The fourth-order valence-corrected chi connectivity index (χ4v) is 2.82. The topological polar surface area (TPSA) is 53.3 Å². The van der Waals surface area contributed by atoms with Gasteiger partial charge in [-0.3, -0.25) is 4.79 Å². The van der Waals surface area contributed by atoms with Gasteiger partial charge in [-0.1, -0.05) is 24.3 Å². The van der Waals surface area contributed by atoms with Crippen molar-refractivity contribution in [1.29, 1.82) is 5.26 Å². The molecule has 1 aliphatic heterocycles. The number of ether oxygens (including phenoxy) is 1. The Balaban J connectivity index is 1.64. The standard InChI is InChI=1S/C19H18N2O2/c1-21(19(22)15-8-6-14(11-20)7-9-15)12-18-10-16-4-2-3-5-17(16)13-23-18/h2-9,18H,10,12-13H2,1H3/t18-/m1/s1. The summed E-state index contributed by atoms with van der Waals surface area (Å²) in [5.41, 5.74) is 3.66. The number of nitrogens with zero attached hydrogens (tertiary/aromatic N) is 2. The number of amides is 1. The summed E-state index contributed by atoms with van der Waals surface area (Å²) in [6.07, 6.45) is 0.832. The largest absolute Gasteiger partial charge is 0.371 e. The van der Waals surface area contributed by atoms with Gasteiger partial charge in [-0.25, -0.2) is 0 Å². The van der Waals surface area contributed by atoms with E-state index in [1.54, 1.807) is 36.2 Å². The molecule has 2 aromatic carbocycles. The Bertz CT molecular complexity index is 747. The molecule has 0 fully saturated rings. The van der Waals surface area contributed by atoms with Gasteiger partial charge in [-0.2, -0.15) is 5.26 Å². The van der Waals surface area contributed by atoms with Crippen molar-refractivity contribution in [3.63, 3.8) is 0 Å². The van der Waals surface area contributed by atoms with E-state index in [0.717, 1.165) is 6.42 Å². The number of rotatable bonds is 3. The van der Waals surface area contributed by atoms with Crippen molar-refractivity contribution < 1.29 is 9.53 Å². The Kier molecular flexibility index (Phi) is 4.40. The summed E-state index contributed by atoms with van der Waals surface area (Å²) in [7, 11) is 1.78. The zero-order valence-corrected chi connectivity index (χ0v) is 13.0. The van der Waals surface area contributed by atoms with Gasteiger partial charge in [0.25, 0.3) is 5.91 Å². The van der Waals surface area contributed by atoms with Crippen LogP contribution in [0.25, 0.3) is 0 Å². The number of nitriles is 1. The fourth-order valence-electron chi connectivity index (χ4n) is 2.82. The highest BCUT2D eigenvalue weighted by Gasteiger charge is 2.22. The SMILES string of the molecule is CN(C[C@H]1Cc2ccccc2CO1)C(=O)c1ccc(C#N)cc1. The first-order valence-corrected chi connectivity index (χ1v) is 7.61. The molecule has 2 aromatic rings. The molecule has 1 heterocycles. The molecule has 0 N–H and O–H groups in total. The van der Waals surface area contributed by atoms with Crippen molar-refractivity contribution in [3.8, 4) is 6.07 Å². The maximum Gasteiger partial charge on any atom is 0.253 e. The Labute approximate surface area is 135 Å². The average Bonchev–Trinajstić information content (AvgIpc) is 2.61. The van der Waals surface area contributed by atoms with E-state index >= 15 is 0 Å². The molecule has 4 heteroatoms. The molecule has 1 amide bonds. The lowest BCUT2D eigenvalue weighted by atomic mass is 9.99. The molecule has 0 aromatic heterocycles. The number of likely N-dealkylation sites (N-methyl/N-ethyl adjacent to an activating group) is 1. The summed E-state index contributed by atoms with van der Waals surface area (Å²) in [6, 6.07) is 17.0. The predicted molar refractivity (Wildman–Crippen MR) is 86.8 cm³/mol. The second-order valence-electron chi connectivity index (χ2n) is 5.78. The van der Waals surface area contributed by atoms with Crippen molar-refractivity contribution in [2.24, 2.45) is 0 Å². The summed E-state index contributed by atoms with van der Waals surface area (Å²) in [4.78, 5) is 14.1. The summed E-state index contributed by atoms with van der Waals surface area (Å²) < 4.78 is 5.86. The zero-order chi connectivity index (χ0) is 16.2. The molecule has 0 aliphatic carbocycles. The van der Waals surface area contributed by atoms with E-state index in [1.165, 1.54) is 11.1 Å². The van der Waals surface area contributed by atoms with Gasteiger partial charge in [0.15, 0.2) is 0 Å². The molecule has 0 spiro atoms. The van der Waals surface area contributed by atoms with Crippen LogP contribution in [0.1, 0.15) is 27.0 Å². The Morgan fingerprint density at radius 1 is 1.22 bits per heavy atom. The third-order valence-electron chi connectivity index (χ3n) is 4.13. The number of carbonyl (C=O) groups excluding carboxylic acids is 1. The van der Waals surface area contributed by atoms with Gasteiger partial charge in [-0.05, 0) is 35.4 Å². The molecule has 0 unspecified atom stereocenters. The van der Waals surface area contributed by atoms with Gasteiger partial charge in [-0.15, -0.1) is 0 Å². The molecule has 1 aliphatic rings. The minimum Gasteiger partial charge on any atom is -0.371 e. The van der Waals surface area contributed by atoms with Crippen molar-refractivity contribution in [1.82, 2.24) is 4.90 Å². The lowest BCUT2D eigenvalue weighted by Crippen LogP contribution is -2.38. The summed E-state index contributed by atoms with van der Waals surface area (Å²) in [6.45, 7) is 1.15. The minimum atomic E-state index is -0.0584. The van der Waals surface area contributed by atoms with E-state index in [9.17, 15) is 4.79 Å². The van der Waals surface area contributed by atoms with Gasteiger partial charge < -0.3 is 9.64 Å². The van der Waals surface area contributed by atoms with Gasteiger partial charge >= 0.3 is 0 Å². The molecule has 0 saturated heterocycles. The quantitative estimate of drug-likeness (QED) is 0.876. The first-order chi connectivity index (χ1) is 11.2. The van der Waals surface area contributed by atoms with E-state index in [2.05, 4.69) is 18.2 Å². The summed E-state index contributed by atoms with van der Waals surface area (Å²) >= 11 is 0. The van der Waals surface area contributed by atoms with Crippen LogP contribution >= 0.6 is 0 Å².